The van der Waals surface area contributed by atoms with Gasteiger partial charge in [0.25, 0.3) is 11.8 Å². The van der Waals surface area contributed by atoms with Crippen LogP contribution in [0.4, 0.5) is 4.39 Å². The lowest BCUT2D eigenvalue weighted by molar-refractivity contribution is 0.0890. The Kier molecular flexibility index (Phi) is 6.71. The quantitative estimate of drug-likeness (QED) is 0.372. The van der Waals surface area contributed by atoms with E-state index < -0.39 is 11.7 Å². The van der Waals surface area contributed by atoms with Gasteiger partial charge in [-0.3, -0.25) is 9.59 Å². The maximum Gasteiger partial charge on any atom is 0.257 e. The van der Waals surface area contributed by atoms with Crippen LogP contribution in [0.15, 0.2) is 66.1 Å². The molecule has 2 amide bonds. The molecule has 6 rings (SSSR count). The lowest BCUT2D eigenvalue weighted by Crippen LogP contribution is -2.44. The lowest BCUT2D eigenvalue weighted by atomic mass is 9.90. The summed E-state index contributed by atoms with van der Waals surface area (Å²) in [5.74, 6) is 0.474. The molecule has 1 fully saturated rings. The van der Waals surface area contributed by atoms with Crippen LogP contribution in [0.2, 0.25) is 0 Å². The summed E-state index contributed by atoms with van der Waals surface area (Å²) >= 11 is 1.76. The van der Waals surface area contributed by atoms with E-state index in [1.165, 1.54) is 5.56 Å². The molecule has 1 saturated carbocycles. The highest BCUT2D eigenvalue weighted by Crippen LogP contribution is 2.35. The zero-order valence-corrected chi connectivity index (χ0v) is 21.3. The second-order valence-electron chi connectivity index (χ2n) is 9.55. The minimum atomic E-state index is -0.606. The number of aryl methyl sites for hydroxylation is 1. The summed E-state index contributed by atoms with van der Waals surface area (Å²) in [6, 6.07) is 10.4. The largest absolute Gasteiger partial charge is 0.438 e. The van der Waals surface area contributed by atoms with E-state index in [1.807, 2.05) is 34.9 Å². The van der Waals surface area contributed by atoms with Crippen molar-refractivity contribution in [3.63, 3.8) is 0 Å². The molecule has 3 aromatic heterocycles. The Labute approximate surface area is 223 Å². The van der Waals surface area contributed by atoms with E-state index in [4.69, 9.17) is 4.74 Å². The van der Waals surface area contributed by atoms with Crippen molar-refractivity contribution in [2.24, 2.45) is 0 Å². The van der Waals surface area contributed by atoms with Crippen LogP contribution in [0.1, 0.15) is 52.0 Å². The number of nitrogens with one attached hydrogen (secondary N) is 2. The van der Waals surface area contributed by atoms with Crippen molar-refractivity contribution in [2.75, 3.05) is 5.75 Å². The summed E-state index contributed by atoms with van der Waals surface area (Å²) in [6.07, 6.45) is 10.2. The Morgan fingerprint density at radius 2 is 1.74 bits per heavy atom. The number of pyridine rings is 2. The first-order valence-corrected chi connectivity index (χ1v) is 13.6. The van der Waals surface area contributed by atoms with Gasteiger partial charge in [0.05, 0.1) is 11.8 Å². The molecule has 194 valence electrons. The number of ether oxygens (including phenoxy) is 1. The van der Waals surface area contributed by atoms with E-state index in [2.05, 4.69) is 20.6 Å². The molecule has 2 aliphatic rings. The fourth-order valence-electron chi connectivity index (χ4n) is 5.03. The molecule has 0 unspecified atom stereocenters. The molecule has 0 bridgehead atoms. The second kappa shape index (κ2) is 10.4. The van der Waals surface area contributed by atoms with Gasteiger partial charge in [-0.25, -0.2) is 14.4 Å². The molecule has 1 aliphatic heterocycles. The van der Waals surface area contributed by atoms with Gasteiger partial charge in [-0.15, -0.1) is 11.8 Å². The number of thioether (sulfide) groups is 1. The van der Waals surface area contributed by atoms with Gasteiger partial charge >= 0.3 is 0 Å². The number of nitrogens with zero attached hydrogens (tertiary/aromatic N) is 3. The molecule has 0 radical (unpaired) electrons. The number of benzene rings is 1. The third-order valence-corrected chi connectivity index (χ3v) is 8.11. The number of hydrogen-bond donors (Lipinski definition) is 2. The van der Waals surface area contributed by atoms with Crippen LogP contribution in [0, 0.1) is 5.82 Å². The highest BCUT2D eigenvalue weighted by Gasteiger charge is 2.26. The van der Waals surface area contributed by atoms with Crippen molar-refractivity contribution >= 4 is 29.2 Å². The van der Waals surface area contributed by atoms with Gasteiger partial charge < -0.3 is 19.8 Å². The van der Waals surface area contributed by atoms with Crippen LogP contribution < -0.4 is 15.4 Å². The Morgan fingerprint density at radius 3 is 2.53 bits per heavy atom. The number of fused-ring (bicyclic) bond motifs is 2. The van der Waals surface area contributed by atoms with Crippen LogP contribution in [0.25, 0.3) is 5.65 Å². The molecule has 2 N–H and O–H groups in total. The molecule has 8 nitrogen and oxygen atoms in total. The fourth-order valence-corrected chi connectivity index (χ4v) is 6.12. The molecule has 4 heterocycles. The minimum Gasteiger partial charge on any atom is -0.438 e. The Bertz CT molecular complexity index is 1520. The molecule has 10 heteroatoms. The van der Waals surface area contributed by atoms with Crippen LogP contribution >= 0.6 is 11.8 Å². The van der Waals surface area contributed by atoms with E-state index in [9.17, 15) is 14.0 Å². The third kappa shape index (κ3) is 5.08. The highest BCUT2D eigenvalue weighted by molar-refractivity contribution is 7.99. The van der Waals surface area contributed by atoms with Crippen LogP contribution in [-0.2, 0) is 6.42 Å². The molecule has 1 aromatic carbocycles. The summed E-state index contributed by atoms with van der Waals surface area (Å²) < 4.78 is 21.8. The number of imidazole rings is 1. The topological polar surface area (TPSA) is 97.6 Å². The molecule has 38 heavy (non-hydrogen) atoms. The highest BCUT2D eigenvalue weighted by atomic mass is 32.2. The monoisotopic (exact) mass is 531 g/mol. The Balaban J connectivity index is 1.07. The first-order chi connectivity index (χ1) is 18.5. The molecule has 0 spiro atoms. The van der Waals surface area contributed by atoms with E-state index in [0.29, 0.717) is 42.6 Å². The average molecular weight is 532 g/mol. The number of rotatable bonds is 6. The van der Waals surface area contributed by atoms with E-state index >= 15 is 0 Å². The summed E-state index contributed by atoms with van der Waals surface area (Å²) in [5.41, 5.74) is 2.48. The van der Waals surface area contributed by atoms with Crippen LogP contribution in [0.3, 0.4) is 0 Å². The van der Waals surface area contributed by atoms with Gasteiger partial charge in [-0.05, 0) is 68.0 Å². The van der Waals surface area contributed by atoms with E-state index in [-0.39, 0.29) is 29.4 Å². The standard InChI is InChI=1S/C28H26FN5O3S/c29-18-14-23(28(31-16-18)37-21-8-3-17-9-13-38-24(17)15-21)27(36)33-20-6-4-19(5-7-20)32-26(35)22-2-1-11-34-12-10-30-25(22)34/h1-3,8,10-12,14-16,19-20H,4-7,9,13H2,(H,32,35)(H,33,36). The van der Waals surface area contributed by atoms with Crippen molar-refractivity contribution in [3.8, 4) is 11.6 Å². The second-order valence-corrected chi connectivity index (χ2v) is 10.7. The van der Waals surface area contributed by atoms with Crippen LogP contribution in [0.5, 0.6) is 11.6 Å². The zero-order chi connectivity index (χ0) is 26.1. The SMILES string of the molecule is O=C(NC1CCC(NC(=O)c2cccn3ccnc23)CC1)c1cc(F)cnc1Oc1ccc2c(c1)SCC2. The molecule has 0 saturated heterocycles. The van der Waals surface area contributed by atoms with Crippen molar-refractivity contribution in [1.29, 1.82) is 0 Å². The predicted octanol–water partition coefficient (Wildman–Crippen LogP) is 4.78. The van der Waals surface area contributed by atoms with E-state index in [0.717, 1.165) is 29.3 Å². The summed E-state index contributed by atoms with van der Waals surface area (Å²) in [5, 5.41) is 6.10. The van der Waals surface area contributed by atoms with Crippen LogP contribution in [-0.4, -0.2) is 44.0 Å². The number of amides is 2. The summed E-state index contributed by atoms with van der Waals surface area (Å²) in [4.78, 5) is 35.5. The number of carbonyl (C=O) groups excluding carboxylic acids is 2. The zero-order valence-electron chi connectivity index (χ0n) is 20.5. The Hall–Kier alpha value is -3.92. The van der Waals surface area contributed by atoms with Crippen molar-refractivity contribution in [3.05, 3.63) is 83.7 Å². The summed E-state index contributed by atoms with van der Waals surface area (Å²) in [7, 11) is 0. The first-order valence-electron chi connectivity index (χ1n) is 12.7. The predicted molar refractivity (Wildman–Crippen MR) is 141 cm³/mol. The van der Waals surface area contributed by atoms with Crippen molar-refractivity contribution < 1.29 is 18.7 Å². The molecular formula is C28H26FN5O3S. The third-order valence-electron chi connectivity index (χ3n) is 7.01. The smallest absolute Gasteiger partial charge is 0.257 e. The van der Waals surface area contributed by atoms with Gasteiger partial charge in [-0.1, -0.05) is 6.07 Å². The molecule has 4 aromatic rings. The molecular weight excluding hydrogens is 505 g/mol. The van der Waals surface area contributed by atoms with Crippen molar-refractivity contribution in [1.82, 2.24) is 25.0 Å². The van der Waals surface area contributed by atoms with Crippen molar-refractivity contribution in [2.45, 2.75) is 49.1 Å². The van der Waals surface area contributed by atoms with Gasteiger partial charge in [0.1, 0.15) is 22.8 Å². The number of hydrogen-bond acceptors (Lipinski definition) is 6. The van der Waals surface area contributed by atoms with E-state index in [1.54, 1.807) is 30.2 Å². The normalized spacial score (nSPS) is 18.7. The number of carbonyl (C=O) groups is 2. The number of aromatic nitrogens is 3. The van der Waals surface area contributed by atoms with Gasteiger partial charge in [0.15, 0.2) is 0 Å². The Morgan fingerprint density at radius 1 is 0.974 bits per heavy atom. The molecule has 0 atom stereocenters. The maximum absolute atomic E-state index is 14.0. The number of halogens is 1. The minimum absolute atomic E-state index is 0.00159. The fraction of sp³-hybridized carbons (Fsp3) is 0.286. The van der Waals surface area contributed by atoms with Gasteiger partial charge in [0, 0.05) is 41.3 Å². The maximum atomic E-state index is 14.0. The van der Waals surface area contributed by atoms with Gasteiger partial charge in [0.2, 0.25) is 5.88 Å². The average Bonchev–Trinajstić information content (AvgIpc) is 3.60. The summed E-state index contributed by atoms with van der Waals surface area (Å²) in [6.45, 7) is 0. The lowest BCUT2D eigenvalue weighted by Gasteiger charge is -2.29. The van der Waals surface area contributed by atoms with Gasteiger partial charge in [-0.2, -0.15) is 0 Å². The first kappa shape index (κ1) is 24.4. The molecule has 1 aliphatic carbocycles.